The van der Waals surface area contributed by atoms with Gasteiger partial charge in [0.15, 0.2) is 0 Å². The van der Waals surface area contributed by atoms with Gasteiger partial charge in [-0.3, -0.25) is 4.98 Å². The van der Waals surface area contributed by atoms with Crippen molar-refractivity contribution < 1.29 is 8.78 Å². The average Bonchev–Trinajstić information content (AvgIpc) is 2.42. The Morgan fingerprint density at radius 2 is 1.84 bits per heavy atom. The molecule has 1 N–H and O–H groups in total. The summed E-state index contributed by atoms with van der Waals surface area (Å²) in [6.07, 6.45) is 4.83. The molecule has 2 atom stereocenters. The van der Waals surface area contributed by atoms with Gasteiger partial charge in [-0.2, -0.15) is 0 Å². The number of alkyl halides is 2. The number of hydrogen-bond donors (Lipinski definition) is 1. The SMILES string of the molecule is CNC(C1CCC(F)(F)CC1)C(C)c1ccncc1. The van der Waals surface area contributed by atoms with E-state index in [-0.39, 0.29) is 18.9 Å². The Balaban J connectivity index is 2.04. The molecule has 2 unspecified atom stereocenters. The summed E-state index contributed by atoms with van der Waals surface area (Å²) < 4.78 is 26.5. The maximum absolute atomic E-state index is 13.2. The molecule has 0 spiro atoms. The first-order valence-electron chi connectivity index (χ1n) is 6.98. The average molecular weight is 268 g/mol. The molecule has 1 heterocycles. The van der Waals surface area contributed by atoms with Gasteiger partial charge in [0.2, 0.25) is 5.92 Å². The molecule has 106 valence electrons. The first-order valence-corrected chi connectivity index (χ1v) is 6.98. The summed E-state index contributed by atoms with van der Waals surface area (Å²) in [5.74, 6) is -1.81. The van der Waals surface area contributed by atoms with Crippen molar-refractivity contribution in [2.75, 3.05) is 7.05 Å². The molecule has 19 heavy (non-hydrogen) atoms. The van der Waals surface area contributed by atoms with Crippen molar-refractivity contribution in [2.45, 2.75) is 50.5 Å². The van der Waals surface area contributed by atoms with Crippen molar-refractivity contribution >= 4 is 0 Å². The topological polar surface area (TPSA) is 24.9 Å². The first-order chi connectivity index (χ1) is 9.03. The molecule has 1 aliphatic carbocycles. The first kappa shape index (κ1) is 14.4. The van der Waals surface area contributed by atoms with Gasteiger partial charge in [0.25, 0.3) is 0 Å². The van der Waals surface area contributed by atoms with Crippen LogP contribution in [0.5, 0.6) is 0 Å². The highest BCUT2D eigenvalue weighted by molar-refractivity contribution is 5.17. The Morgan fingerprint density at radius 1 is 1.26 bits per heavy atom. The van der Waals surface area contributed by atoms with E-state index in [0.29, 0.717) is 24.7 Å². The van der Waals surface area contributed by atoms with Gasteiger partial charge in [0.05, 0.1) is 0 Å². The van der Waals surface area contributed by atoms with E-state index < -0.39 is 5.92 Å². The second-order valence-electron chi connectivity index (χ2n) is 5.58. The summed E-state index contributed by atoms with van der Waals surface area (Å²) in [5, 5.41) is 3.33. The lowest BCUT2D eigenvalue weighted by molar-refractivity contribution is -0.0501. The predicted octanol–water partition coefficient (Wildman–Crippen LogP) is 3.60. The summed E-state index contributed by atoms with van der Waals surface area (Å²) in [6.45, 7) is 2.16. The Kier molecular flexibility index (Phi) is 4.50. The largest absolute Gasteiger partial charge is 0.316 e. The fourth-order valence-electron chi connectivity index (χ4n) is 3.19. The number of nitrogens with one attached hydrogen (secondary N) is 1. The zero-order chi connectivity index (χ0) is 13.9. The molecular weight excluding hydrogens is 246 g/mol. The highest BCUT2D eigenvalue weighted by Crippen LogP contribution is 2.40. The molecule has 2 rings (SSSR count). The van der Waals surface area contributed by atoms with Gasteiger partial charge in [-0.25, -0.2) is 8.78 Å². The van der Waals surface area contributed by atoms with Crippen molar-refractivity contribution in [3.05, 3.63) is 30.1 Å². The monoisotopic (exact) mass is 268 g/mol. The lowest BCUT2D eigenvalue weighted by atomic mass is 9.76. The van der Waals surface area contributed by atoms with Gasteiger partial charge in [-0.15, -0.1) is 0 Å². The maximum Gasteiger partial charge on any atom is 0.248 e. The smallest absolute Gasteiger partial charge is 0.248 e. The van der Waals surface area contributed by atoms with Crippen LogP contribution in [0.4, 0.5) is 8.78 Å². The molecule has 4 heteroatoms. The van der Waals surface area contributed by atoms with E-state index in [1.165, 1.54) is 5.56 Å². The molecule has 0 aromatic carbocycles. The zero-order valence-electron chi connectivity index (χ0n) is 11.6. The normalized spacial score (nSPS) is 22.9. The Morgan fingerprint density at radius 3 is 2.37 bits per heavy atom. The lowest BCUT2D eigenvalue weighted by Gasteiger charge is -2.36. The van der Waals surface area contributed by atoms with Gasteiger partial charge in [0, 0.05) is 31.3 Å². The predicted molar refractivity (Wildman–Crippen MR) is 72.4 cm³/mol. The van der Waals surface area contributed by atoms with Crippen LogP contribution in [0.2, 0.25) is 0 Å². The second kappa shape index (κ2) is 5.95. The van der Waals surface area contributed by atoms with Crippen molar-refractivity contribution in [2.24, 2.45) is 5.92 Å². The van der Waals surface area contributed by atoms with Gasteiger partial charge >= 0.3 is 0 Å². The maximum atomic E-state index is 13.2. The molecular formula is C15H22F2N2. The summed E-state index contributed by atoms with van der Waals surface area (Å²) >= 11 is 0. The third kappa shape index (κ3) is 3.50. The van der Waals surface area contributed by atoms with Crippen LogP contribution >= 0.6 is 0 Å². The Labute approximate surface area is 113 Å². The van der Waals surface area contributed by atoms with Gasteiger partial charge in [-0.05, 0) is 49.4 Å². The van der Waals surface area contributed by atoms with Crippen molar-refractivity contribution in [1.82, 2.24) is 10.3 Å². The molecule has 1 saturated carbocycles. The van der Waals surface area contributed by atoms with Crippen molar-refractivity contribution in [1.29, 1.82) is 0 Å². The third-order valence-electron chi connectivity index (χ3n) is 4.37. The number of rotatable bonds is 4. The van der Waals surface area contributed by atoms with E-state index in [9.17, 15) is 8.78 Å². The van der Waals surface area contributed by atoms with Gasteiger partial charge < -0.3 is 5.32 Å². The van der Waals surface area contributed by atoms with E-state index in [0.717, 1.165) is 0 Å². The Hall–Kier alpha value is -1.03. The summed E-state index contributed by atoms with van der Waals surface area (Å²) in [6, 6.07) is 4.26. The highest BCUT2D eigenvalue weighted by Gasteiger charge is 2.38. The van der Waals surface area contributed by atoms with E-state index in [1.807, 2.05) is 19.2 Å². The minimum atomic E-state index is -2.45. The lowest BCUT2D eigenvalue weighted by Crippen LogP contribution is -2.41. The van der Waals surface area contributed by atoms with E-state index in [2.05, 4.69) is 17.2 Å². The standard InChI is InChI=1S/C15H22F2N2/c1-11(12-5-9-19-10-6-12)14(18-2)13-3-7-15(16,17)8-4-13/h5-6,9-11,13-14,18H,3-4,7-8H2,1-2H3. The number of pyridine rings is 1. The van der Waals surface area contributed by atoms with Crippen LogP contribution in [-0.2, 0) is 0 Å². The van der Waals surface area contributed by atoms with Crippen molar-refractivity contribution in [3.8, 4) is 0 Å². The molecule has 1 aromatic heterocycles. The van der Waals surface area contributed by atoms with Crippen LogP contribution in [0.15, 0.2) is 24.5 Å². The van der Waals surface area contributed by atoms with E-state index in [4.69, 9.17) is 0 Å². The van der Waals surface area contributed by atoms with Crippen LogP contribution in [0.25, 0.3) is 0 Å². The molecule has 0 radical (unpaired) electrons. The van der Waals surface area contributed by atoms with Gasteiger partial charge in [0.1, 0.15) is 0 Å². The third-order valence-corrected chi connectivity index (χ3v) is 4.37. The molecule has 1 aliphatic rings. The minimum Gasteiger partial charge on any atom is -0.316 e. The zero-order valence-corrected chi connectivity index (χ0v) is 11.6. The van der Waals surface area contributed by atoms with Crippen LogP contribution in [-0.4, -0.2) is 24.0 Å². The summed E-state index contributed by atoms with van der Waals surface area (Å²) in [7, 11) is 1.93. The number of halogens is 2. The van der Waals surface area contributed by atoms with Crippen molar-refractivity contribution in [3.63, 3.8) is 0 Å². The van der Waals surface area contributed by atoms with Crippen LogP contribution < -0.4 is 5.32 Å². The molecule has 1 aromatic rings. The quantitative estimate of drug-likeness (QED) is 0.902. The van der Waals surface area contributed by atoms with E-state index >= 15 is 0 Å². The highest BCUT2D eigenvalue weighted by atomic mass is 19.3. The number of aromatic nitrogens is 1. The molecule has 2 nitrogen and oxygen atoms in total. The fraction of sp³-hybridized carbons (Fsp3) is 0.667. The second-order valence-corrected chi connectivity index (χ2v) is 5.58. The minimum absolute atomic E-state index is 0.0267. The number of likely N-dealkylation sites (N-methyl/N-ethyl adjacent to an activating group) is 1. The Bertz CT molecular complexity index is 384. The van der Waals surface area contributed by atoms with Crippen LogP contribution in [0.3, 0.4) is 0 Å². The summed E-state index contributed by atoms with van der Waals surface area (Å²) in [4.78, 5) is 4.02. The molecule has 0 saturated heterocycles. The molecule has 0 aliphatic heterocycles. The van der Waals surface area contributed by atoms with Crippen LogP contribution in [0.1, 0.15) is 44.1 Å². The molecule has 1 fully saturated rings. The fourth-order valence-corrected chi connectivity index (χ4v) is 3.19. The van der Waals surface area contributed by atoms with Crippen LogP contribution in [0, 0.1) is 5.92 Å². The number of hydrogen-bond acceptors (Lipinski definition) is 2. The summed E-state index contributed by atoms with van der Waals surface area (Å²) in [5.41, 5.74) is 1.21. The molecule has 0 bridgehead atoms. The molecule has 0 amide bonds. The number of nitrogens with zero attached hydrogens (tertiary/aromatic N) is 1. The van der Waals surface area contributed by atoms with Gasteiger partial charge in [-0.1, -0.05) is 6.92 Å². The van der Waals surface area contributed by atoms with E-state index in [1.54, 1.807) is 12.4 Å².